The van der Waals surface area contributed by atoms with Gasteiger partial charge in [0.2, 0.25) is 0 Å². The molecular formula is C17H16FN3O2. The van der Waals surface area contributed by atoms with Crippen molar-refractivity contribution in [2.75, 3.05) is 13.7 Å². The third kappa shape index (κ3) is 2.60. The van der Waals surface area contributed by atoms with Crippen molar-refractivity contribution in [1.82, 2.24) is 15.0 Å². The van der Waals surface area contributed by atoms with E-state index in [-0.39, 0.29) is 5.75 Å². The summed E-state index contributed by atoms with van der Waals surface area (Å²) in [7, 11) is 1.44. The molecule has 1 aromatic carbocycles. The molecule has 118 valence electrons. The van der Waals surface area contributed by atoms with Gasteiger partial charge in [0.15, 0.2) is 11.6 Å². The highest BCUT2D eigenvalue weighted by Crippen LogP contribution is 2.38. The van der Waals surface area contributed by atoms with E-state index in [2.05, 4.69) is 15.0 Å². The monoisotopic (exact) mass is 313 g/mol. The van der Waals surface area contributed by atoms with Gasteiger partial charge >= 0.3 is 0 Å². The molecule has 6 heteroatoms. The lowest BCUT2D eigenvalue weighted by Gasteiger charge is -2.13. The molecule has 0 atom stereocenters. The number of fused-ring (bicyclic) bond motifs is 1. The number of ether oxygens (including phenoxy) is 2. The molecule has 0 aliphatic heterocycles. The lowest BCUT2D eigenvalue weighted by Crippen LogP contribution is -2.02. The number of nitrogens with zero attached hydrogens (tertiary/aromatic N) is 2. The number of rotatable bonds is 5. The average molecular weight is 313 g/mol. The number of methoxy groups -OCH3 is 1. The minimum atomic E-state index is -0.445. The fraction of sp³-hybridized carbons (Fsp3) is 0.294. The molecular weight excluding hydrogens is 297 g/mol. The molecule has 2 aromatic heterocycles. The molecule has 0 spiro atoms. The Morgan fingerprint density at radius 3 is 2.91 bits per heavy atom. The number of aromatic amines is 1. The average Bonchev–Trinajstić information content (AvgIpc) is 3.27. The lowest BCUT2D eigenvalue weighted by molar-refractivity contribution is 0.297. The van der Waals surface area contributed by atoms with Crippen molar-refractivity contribution in [3.63, 3.8) is 0 Å². The predicted molar refractivity (Wildman–Crippen MR) is 84.1 cm³/mol. The zero-order valence-corrected chi connectivity index (χ0v) is 12.7. The maximum absolute atomic E-state index is 14.2. The van der Waals surface area contributed by atoms with E-state index >= 15 is 0 Å². The van der Waals surface area contributed by atoms with Crippen LogP contribution in [0.1, 0.15) is 12.8 Å². The van der Waals surface area contributed by atoms with Crippen molar-refractivity contribution in [3.8, 4) is 22.8 Å². The molecule has 1 aliphatic rings. The van der Waals surface area contributed by atoms with Crippen LogP contribution in [0.2, 0.25) is 0 Å². The van der Waals surface area contributed by atoms with Gasteiger partial charge in [0.1, 0.15) is 17.8 Å². The van der Waals surface area contributed by atoms with Crippen molar-refractivity contribution in [2.24, 2.45) is 5.92 Å². The Balaban J connectivity index is 1.84. The summed E-state index contributed by atoms with van der Waals surface area (Å²) in [6.07, 6.45) is 5.62. The maximum atomic E-state index is 14.2. The summed E-state index contributed by atoms with van der Waals surface area (Å²) in [5.74, 6) is 0.885. The Morgan fingerprint density at radius 1 is 1.26 bits per heavy atom. The van der Waals surface area contributed by atoms with Gasteiger partial charge in [-0.2, -0.15) is 0 Å². The van der Waals surface area contributed by atoms with Crippen LogP contribution in [0.25, 0.3) is 22.3 Å². The van der Waals surface area contributed by atoms with Crippen LogP contribution in [0.5, 0.6) is 11.5 Å². The lowest BCUT2D eigenvalue weighted by atomic mass is 10.1. The largest absolute Gasteiger partial charge is 0.494 e. The molecule has 1 saturated carbocycles. The van der Waals surface area contributed by atoms with Crippen molar-refractivity contribution < 1.29 is 13.9 Å². The van der Waals surface area contributed by atoms with Gasteiger partial charge in [-0.3, -0.25) is 0 Å². The Bertz CT molecular complexity index is 858. The summed E-state index contributed by atoms with van der Waals surface area (Å²) in [6.45, 7) is 0.626. The highest BCUT2D eigenvalue weighted by atomic mass is 19.1. The molecule has 2 heterocycles. The first kappa shape index (κ1) is 14.0. The Kier molecular flexibility index (Phi) is 3.37. The van der Waals surface area contributed by atoms with Gasteiger partial charge in [-0.15, -0.1) is 0 Å². The molecule has 0 radical (unpaired) electrons. The van der Waals surface area contributed by atoms with E-state index in [0.717, 1.165) is 11.0 Å². The third-order valence-corrected chi connectivity index (χ3v) is 4.03. The van der Waals surface area contributed by atoms with Gasteiger partial charge in [-0.25, -0.2) is 14.4 Å². The van der Waals surface area contributed by atoms with Crippen molar-refractivity contribution in [1.29, 1.82) is 0 Å². The first-order valence-corrected chi connectivity index (χ1v) is 7.55. The number of halogens is 1. The summed E-state index contributed by atoms with van der Waals surface area (Å²) in [6, 6.07) is 4.85. The highest BCUT2D eigenvalue weighted by Gasteiger charge is 2.24. The van der Waals surface area contributed by atoms with Crippen LogP contribution in [-0.2, 0) is 0 Å². The molecule has 3 aromatic rings. The Morgan fingerprint density at radius 2 is 2.13 bits per heavy atom. The van der Waals surface area contributed by atoms with Gasteiger partial charge in [0, 0.05) is 17.8 Å². The second-order valence-electron chi connectivity index (χ2n) is 5.70. The maximum Gasteiger partial charge on any atom is 0.166 e. The first-order chi connectivity index (χ1) is 11.3. The van der Waals surface area contributed by atoms with Crippen molar-refractivity contribution in [2.45, 2.75) is 12.8 Å². The number of benzene rings is 1. The second kappa shape index (κ2) is 5.53. The molecule has 0 unspecified atom stereocenters. The van der Waals surface area contributed by atoms with Crippen LogP contribution < -0.4 is 9.47 Å². The minimum Gasteiger partial charge on any atom is -0.494 e. The third-order valence-electron chi connectivity index (χ3n) is 4.03. The number of H-pyrrole nitrogens is 1. The van der Waals surface area contributed by atoms with Crippen LogP contribution in [0.4, 0.5) is 4.39 Å². The van der Waals surface area contributed by atoms with E-state index in [0.29, 0.717) is 29.5 Å². The van der Waals surface area contributed by atoms with Gasteiger partial charge in [0.05, 0.1) is 24.8 Å². The van der Waals surface area contributed by atoms with E-state index in [1.54, 1.807) is 12.3 Å². The highest BCUT2D eigenvalue weighted by molar-refractivity contribution is 5.91. The predicted octanol–water partition coefficient (Wildman–Crippen LogP) is 3.56. The van der Waals surface area contributed by atoms with Crippen LogP contribution in [0.3, 0.4) is 0 Å². The molecule has 4 rings (SSSR count). The van der Waals surface area contributed by atoms with E-state index in [9.17, 15) is 4.39 Å². The second-order valence-corrected chi connectivity index (χ2v) is 5.70. The van der Waals surface area contributed by atoms with Crippen molar-refractivity contribution in [3.05, 3.63) is 36.5 Å². The van der Waals surface area contributed by atoms with Crippen LogP contribution in [0.15, 0.2) is 30.7 Å². The van der Waals surface area contributed by atoms with Gasteiger partial charge < -0.3 is 14.5 Å². The summed E-state index contributed by atoms with van der Waals surface area (Å²) in [5.41, 5.74) is 2.75. The van der Waals surface area contributed by atoms with Gasteiger partial charge in [0.25, 0.3) is 0 Å². The van der Waals surface area contributed by atoms with Gasteiger partial charge in [-0.05, 0) is 30.9 Å². The quantitative estimate of drug-likeness (QED) is 0.782. The standard InChI is InChI=1S/C17H16FN3O2/c1-22-15-7-14(23-8-10-2-3-10)11(6-12(15)18)16-17-13(4-5-19-17)20-9-21-16/h4-7,9-10,19H,2-3,8H2,1H3. The fourth-order valence-corrected chi connectivity index (χ4v) is 2.56. The zero-order chi connectivity index (χ0) is 15.8. The van der Waals surface area contributed by atoms with Crippen LogP contribution in [0, 0.1) is 11.7 Å². The Hall–Kier alpha value is -2.63. The smallest absolute Gasteiger partial charge is 0.166 e. The number of nitrogens with one attached hydrogen (secondary N) is 1. The van der Waals surface area contributed by atoms with Crippen LogP contribution >= 0.6 is 0 Å². The van der Waals surface area contributed by atoms with Crippen molar-refractivity contribution >= 4 is 11.0 Å². The van der Waals surface area contributed by atoms with E-state index in [4.69, 9.17) is 9.47 Å². The topological polar surface area (TPSA) is 60.0 Å². The van der Waals surface area contributed by atoms with Gasteiger partial charge in [-0.1, -0.05) is 0 Å². The molecule has 0 saturated heterocycles. The number of hydrogen-bond donors (Lipinski definition) is 1. The molecule has 5 nitrogen and oxygen atoms in total. The summed E-state index contributed by atoms with van der Waals surface area (Å²) in [5, 5.41) is 0. The summed E-state index contributed by atoms with van der Waals surface area (Å²) < 4.78 is 25.2. The number of hydrogen-bond acceptors (Lipinski definition) is 4. The van der Waals surface area contributed by atoms with E-state index in [1.165, 1.54) is 32.3 Å². The minimum absolute atomic E-state index is 0.163. The molecule has 0 amide bonds. The van der Waals surface area contributed by atoms with E-state index in [1.807, 2.05) is 6.07 Å². The molecule has 1 fully saturated rings. The molecule has 1 N–H and O–H groups in total. The zero-order valence-electron chi connectivity index (χ0n) is 12.7. The Labute approximate surface area is 132 Å². The summed E-state index contributed by atoms with van der Waals surface area (Å²) >= 11 is 0. The first-order valence-electron chi connectivity index (χ1n) is 7.55. The number of aromatic nitrogens is 3. The summed E-state index contributed by atoms with van der Waals surface area (Å²) in [4.78, 5) is 11.6. The normalized spacial score (nSPS) is 14.2. The van der Waals surface area contributed by atoms with E-state index < -0.39 is 5.82 Å². The molecule has 23 heavy (non-hydrogen) atoms. The fourth-order valence-electron chi connectivity index (χ4n) is 2.56. The van der Waals surface area contributed by atoms with Crippen LogP contribution in [-0.4, -0.2) is 28.7 Å². The molecule has 0 bridgehead atoms. The SMILES string of the molecule is COc1cc(OCC2CC2)c(-c2ncnc3cc[nH]c23)cc1F. The molecule has 1 aliphatic carbocycles.